The number of rotatable bonds is 6. The maximum Gasteiger partial charge on any atom is 0.355 e. The number of aromatic nitrogens is 6. The number of halogens is 4. The van der Waals surface area contributed by atoms with Crippen LogP contribution in [0.15, 0.2) is 40.2 Å². The second-order valence-electron chi connectivity index (χ2n) is 8.04. The topological polar surface area (TPSA) is 109 Å². The molecule has 0 atom stereocenters. The fourth-order valence-electron chi connectivity index (χ4n) is 3.80. The predicted molar refractivity (Wildman–Crippen MR) is 122 cm³/mol. The molecule has 5 rings (SSSR count). The Balaban J connectivity index is 1.61. The Labute approximate surface area is 205 Å². The van der Waals surface area contributed by atoms with Crippen molar-refractivity contribution < 1.29 is 17.9 Å². The number of ether oxygens (including phenoxy) is 1. The average molecular weight is 520 g/mol. The van der Waals surface area contributed by atoms with E-state index in [1.807, 2.05) is 0 Å². The van der Waals surface area contributed by atoms with Gasteiger partial charge in [0.1, 0.15) is 12.1 Å². The van der Waals surface area contributed by atoms with Crippen molar-refractivity contribution in [2.45, 2.75) is 19.5 Å². The quantitative estimate of drug-likeness (QED) is 0.390. The van der Waals surface area contributed by atoms with Crippen LogP contribution in [0.5, 0.6) is 5.75 Å². The smallest absolute Gasteiger partial charge is 0.355 e. The summed E-state index contributed by atoms with van der Waals surface area (Å²) in [7, 11) is 1.62. The standard InChI is InChI=1S/C22H17ClF3N7O3/c1-31-10-27-18(30-31)9-33-21(34)29-20(28-16-6-12-2-3-36-17(12)7-13(16)23)32(22(33)35)8-11-4-14(24)19(26)15(25)5-11/h4-7,10H,2-3,8-9H2,1H3,(H,28,29,34). The van der Waals surface area contributed by atoms with Gasteiger partial charge in [-0.3, -0.25) is 9.25 Å². The molecule has 0 fully saturated rings. The lowest BCUT2D eigenvalue weighted by Gasteiger charge is -2.16. The van der Waals surface area contributed by atoms with E-state index in [1.165, 1.54) is 11.0 Å². The molecule has 0 saturated carbocycles. The molecule has 0 spiro atoms. The monoisotopic (exact) mass is 519 g/mol. The number of hydrogen-bond acceptors (Lipinski definition) is 7. The molecule has 0 bridgehead atoms. The third-order valence-electron chi connectivity index (χ3n) is 5.51. The van der Waals surface area contributed by atoms with E-state index in [2.05, 4.69) is 20.4 Å². The van der Waals surface area contributed by atoms with Crippen molar-refractivity contribution in [1.82, 2.24) is 28.9 Å². The Bertz CT molecular complexity index is 1590. The van der Waals surface area contributed by atoms with Crippen LogP contribution >= 0.6 is 11.6 Å². The van der Waals surface area contributed by atoms with E-state index in [0.717, 1.165) is 26.8 Å². The van der Waals surface area contributed by atoms with Crippen LogP contribution in [-0.4, -0.2) is 35.5 Å². The first kappa shape index (κ1) is 23.6. The maximum absolute atomic E-state index is 13.9. The summed E-state index contributed by atoms with van der Waals surface area (Å²) in [6.07, 6.45) is 2.03. The van der Waals surface area contributed by atoms with Crippen LogP contribution < -0.4 is 21.4 Å². The highest BCUT2D eigenvalue weighted by Gasteiger charge is 2.20. The van der Waals surface area contributed by atoms with Gasteiger partial charge in [0.25, 0.3) is 0 Å². The predicted octanol–water partition coefficient (Wildman–Crippen LogP) is 2.38. The zero-order valence-electron chi connectivity index (χ0n) is 18.6. The van der Waals surface area contributed by atoms with Gasteiger partial charge < -0.3 is 10.1 Å². The van der Waals surface area contributed by atoms with Crippen LogP contribution in [0.25, 0.3) is 0 Å². The van der Waals surface area contributed by atoms with Crippen LogP contribution in [-0.2, 0) is 26.6 Å². The highest BCUT2D eigenvalue weighted by Crippen LogP contribution is 2.35. The molecule has 36 heavy (non-hydrogen) atoms. The number of nitrogens with zero attached hydrogens (tertiary/aromatic N) is 6. The van der Waals surface area contributed by atoms with E-state index < -0.39 is 35.4 Å². The first-order valence-corrected chi connectivity index (χ1v) is 11.0. The van der Waals surface area contributed by atoms with Gasteiger partial charge in [-0.2, -0.15) is 10.1 Å². The summed E-state index contributed by atoms with van der Waals surface area (Å²) in [5, 5.41) is 7.15. The van der Waals surface area contributed by atoms with Crippen molar-refractivity contribution in [3.05, 3.63) is 91.0 Å². The summed E-state index contributed by atoms with van der Waals surface area (Å²) in [6, 6.07) is 4.79. The summed E-state index contributed by atoms with van der Waals surface area (Å²) >= 11 is 6.35. The fourth-order valence-corrected chi connectivity index (χ4v) is 4.00. The van der Waals surface area contributed by atoms with E-state index in [9.17, 15) is 22.8 Å². The normalized spacial score (nSPS) is 12.5. The molecule has 1 aliphatic rings. The van der Waals surface area contributed by atoms with Crippen molar-refractivity contribution >= 4 is 23.2 Å². The number of anilines is 2. The molecule has 2 aromatic carbocycles. The van der Waals surface area contributed by atoms with Crippen molar-refractivity contribution in [3.8, 4) is 5.75 Å². The fraction of sp³-hybridized carbons (Fsp3) is 0.227. The molecule has 0 radical (unpaired) electrons. The van der Waals surface area contributed by atoms with Gasteiger partial charge in [0.15, 0.2) is 23.3 Å². The van der Waals surface area contributed by atoms with Crippen molar-refractivity contribution in [1.29, 1.82) is 0 Å². The molecular weight excluding hydrogens is 503 g/mol. The minimum atomic E-state index is -1.64. The van der Waals surface area contributed by atoms with Crippen molar-refractivity contribution in [2.24, 2.45) is 7.05 Å². The zero-order chi connectivity index (χ0) is 25.6. The van der Waals surface area contributed by atoms with Gasteiger partial charge in [-0.05, 0) is 29.3 Å². The Morgan fingerprint density at radius 3 is 2.53 bits per heavy atom. The van der Waals surface area contributed by atoms with Gasteiger partial charge in [0.05, 0.1) is 30.4 Å². The molecule has 10 nitrogen and oxygen atoms in total. The lowest BCUT2D eigenvalue weighted by atomic mass is 10.1. The number of hydrogen-bond donors (Lipinski definition) is 1. The van der Waals surface area contributed by atoms with Crippen LogP contribution in [0.3, 0.4) is 0 Å². The Kier molecular flexibility index (Phi) is 6.00. The lowest BCUT2D eigenvalue weighted by Crippen LogP contribution is -2.43. The van der Waals surface area contributed by atoms with Crippen molar-refractivity contribution in [2.75, 3.05) is 11.9 Å². The molecule has 1 aliphatic heterocycles. The van der Waals surface area contributed by atoms with Crippen LogP contribution in [0.1, 0.15) is 17.0 Å². The summed E-state index contributed by atoms with van der Waals surface area (Å²) in [6.45, 7) is -0.254. The summed E-state index contributed by atoms with van der Waals surface area (Å²) in [4.78, 5) is 34.2. The number of fused-ring (bicyclic) bond motifs is 1. The van der Waals surface area contributed by atoms with E-state index in [4.69, 9.17) is 16.3 Å². The molecule has 0 aliphatic carbocycles. The van der Waals surface area contributed by atoms with Gasteiger partial charge in [0, 0.05) is 19.5 Å². The van der Waals surface area contributed by atoms with Gasteiger partial charge in [0.2, 0.25) is 5.95 Å². The molecule has 186 valence electrons. The molecule has 3 heterocycles. The molecule has 0 saturated heterocycles. The molecule has 4 aromatic rings. The SMILES string of the molecule is Cn1cnc(Cn2c(=O)nc(Nc3cc4c(cc3Cl)OCC4)n(Cc3cc(F)c(F)c(F)c3)c2=O)n1. The van der Waals surface area contributed by atoms with Crippen LogP contribution in [0.4, 0.5) is 24.8 Å². The highest BCUT2D eigenvalue weighted by molar-refractivity contribution is 6.33. The Morgan fingerprint density at radius 1 is 1.08 bits per heavy atom. The molecular formula is C22H17ClF3N7O3. The van der Waals surface area contributed by atoms with Crippen LogP contribution in [0.2, 0.25) is 5.02 Å². The lowest BCUT2D eigenvalue weighted by molar-refractivity contribution is 0.357. The summed E-state index contributed by atoms with van der Waals surface area (Å²) in [5.74, 6) is -3.93. The maximum atomic E-state index is 13.9. The second-order valence-corrected chi connectivity index (χ2v) is 8.45. The minimum Gasteiger partial charge on any atom is -0.493 e. The third kappa shape index (κ3) is 4.44. The summed E-state index contributed by atoms with van der Waals surface area (Å²) < 4.78 is 49.8. The Hall–Kier alpha value is -4.13. The van der Waals surface area contributed by atoms with E-state index in [1.54, 1.807) is 19.2 Å². The number of nitrogens with one attached hydrogen (secondary N) is 1. The van der Waals surface area contributed by atoms with Gasteiger partial charge in [-0.15, -0.1) is 0 Å². The largest absolute Gasteiger partial charge is 0.493 e. The van der Waals surface area contributed by atoms with Gasteiger partial charge >= 0.3 is 11.4 Å². The van der Waals surface area contributed by atoms with Gasteiger partial charge in [-0.25, -0.2) is 32.3 Å². The third-order valence-corrected chi connectivity index (χ3v) is 5.82. The molecule has 0 unspecified atom stereocenters. The molecule has 2 aromatic heterocycles. The summed E-state index contributed by atoms with van der Waals surface area (Å²) in [5.41, 5.74) is -0.665. The van der Waals surface area contributed by atoms with Gasteiger partial charge in [-0.1, -0.05) is 11.6 Å². The van der Waals surface area contributed by atoms with E-state index >= 15 is 0 Å². The molecule has 14 heteroatoms. The van der Waals surface area contributed by atoms with Crippen molar-refractivity contribution in [3.63, 3.8) is 0 Å². The van der Waals surface area contributed by atoms with E-state index in [-0.39, 0.29) is 28.9 Å². The number of benzene rings is 2. The molecule has 1 N–H and O–H groups in total. The first-order valence-electron chi connectivity index (χ1n) is 10.6. The highest BCUT2D eigenvalue weighted by atomic mass is 35.5. The second kappa shape index (κ2) is 9.15. The zero-order valence-corrected chi connectivity index (χ0v) is 19.4. The minimum absolute atomic E-state index is 0.0760. The molecule has 0 amide bonds. The van der Waals surface area contributed by atoms with E-state index in [0.29, 0.717) is 24.5 Å². The number of aryl methyl sites for hydroxylation is 1. The average Bonchev–Trinajstić information content (AvgIpc) is 3.45. The van der Waals surface area contributed by atoms with Crippen LogP contribution in [0, 0.1) is 17.5 Å². The first-order chi connectivity index (χ1) is 17.2. The Morgan fingerprint density at radius 2 is 1.83 bits per heavy atom.